The Morgan fingerprint density at radius 2 is 1.70 bits per heavy atom. The van der Waals surface area contributed by atoms with Crippen molar-refractivity contribution in [3.05, 3.63) is 88.9 Å². The molecule has 1 saturated carbocycles. The van der Waals surface area contributed by atoms with Crippen LogP contribution in [0.3, 0.4) is 0 Å². The molecule has 0 radical (unpaired) electrons. The number of halogens is 1. The van der Waals surface area contributed by atoms with Gasteiger partial charge in [0.05, 0.1) is 5.56 Å². The smallest absolute Gasteiger partial charge is 0.260 e. The summed E-state index contributed by atoms with van der Waals surface area (Å²) in [6, 6.07) is 14.3. The highest BCUT2D eigenvalue weighted by atomic mass is 19.1. The van der Waals surface area contributed by atoms with E-state index in [-0.39, 0.29) is 23.9 Å². The minimum Gasteiger partial charge on any atom is -0.368 e. The van der Waals surface area contributed by atoms with Crippen LogP contribution in [0.25, 0.3) is 0 Å². The maximum absolute atomic E-state index is 14.2. The number of carbonyl (C=O) groups is 2. The zero-order chi connectivity index (χ0) is 26.5. The molecule has 3 aromatic rings. The maximum atomic E-state index is 14.2. The van der Waals surface area contributed by atoms with E-state index in [0.717, 1.165) is 36.8 Å². The maximum Gasteiger partial charge on any atom is 0.260 e. The Morgan fingerprint density at radius 3 is 2.32 bits per heavy atom. The third kappa shape index (κ3) is 6.16. The van der Waals surface area contributed by atoms with E-state index >= 15 is 0 Å². The molecule has 4 rings (SSSR count). The van der Waals surface area contributed by atoms with Crippen LogP contribution in [0.15, 0.2) is 60.8 Å². The number of nitrogens with zero attached hydrogens (tertiary/aromatic N) is 2. The molecule has 2 aromatic carbocycles. The van der Waals surface area contributed by atoms with Gasteiger partial charge in [0.25, 0.3) is 5.91 Å². The molecule has 2 N–H and O–H groups in total. The van der Waals surface area contributed by atoms with Gasteiger partial charge in [0.2, 0.25) is 5.91 Å². The predicted octanol–water partition coefficient (Wildman–Crippen LogP) is 6.10. The minimum absolute atomic E-state index is 0.0639. The first-order valence-electron chi connectivity index (χ1n) is 12.9. The molecule has 1 aliphatic carbocycles. The molecule has 0 bridgehead atoms. The summed E-state index contributed by atoms with van der Waals surface area (Å²) >= 11 is 0. The molecule has 0 saturated heterocycles. The summed E-state index contributed by atoms with van der Waals surface area (Å²) in [7, 11) is 0. The fourth-order valence-electron chi connectivity index (χ4n) is 4.82. The molecular weight excluding hydrogens is 467 g/mol. The standard InChI is InChI=1S/C30H35FN4O2/c1-19(2)33-27-17-14-23(18-32-27)30(37)35(26-11-7-8-20(3)21(26)4)28(22-12-15-24(31)16-13-22)29(36)34-25-9-5-6-10-25/h7-8,11-19,25,28H,5-6,9-10H2,1-4H3,(H,32,33)(H,34,36)/t28-/m0/s1. The second kappa shape index (κ2) is 11.5. The van der Waals surface area contributed by atoms with E-state index in [4.69, 9.17) is 0 Å². The van der Waals surface area contributed by atoms with E-state index in [1.165, 1.54) is 23.2 Å². The topological polar surface area (TPSA) is 74.3 Å². The molecule has 7 heteroatoms. The highest BCUT2D eigenvalue weighted by molar-refractivity contribution is 6.10. The van der Waals surface area contributed by atoms with Crippen LogP contribution in [0.4, 0.5) is 15.9 Å². The van der Waals surface area contributed by atoms with Crippen molar-refractivity contribution in [2.45, 2.75) is 71.5 Å². The van der Waals surface area contributed by atoms with Crippen molar-refractivity contribution in [1.29, 1.82) is 0 Å². The highest BCUT2D eigenvalue weighted by Crippen LogP contribution is 2.34. The van der Waals surface area contributed by atoms with Gasteiger partial charge in [-0.1, -0.05) is 37.1 Å². The second-order valence-corrected chi connectivity index (χ2v) is 10.1. The lowest BCUT2D eigenvalue weighted by molar-refractivity contribution is -0.123. The van der Waals surface area contributed by atoms with Gasteiger partial charge in [0.15, 0.2) is 0 Å². The largest absolute Gasteiger partial charge is 0.368 e. The molecule has 1 aromatic heterocycles. The van der Waals surface area contributed by atoms with Crippen LogP contribution in [-0.2, 0) is 4.79 Å². The minimum atomic E-state index is -0.984. The quantitative estimate of drug-likeness (QED) is 0.390. The molecule has 2 amide bonds. The Kier molecular flexibility index (Phi) is 8.21. The molecule has 37 heavy (non-hydrogen) atoms. The summed E-state index contributed by atoms with van der Waals surface area (Å²) in [5.41, 5.74) is 3.42. The fraction of sp³-hybridized carbons (Fsp3) is 0.367. The first kappa shape index (κ1) is 26.3. The van der Waals surface area contributed by atoms with Crippen molar-refractivity contribution in [3.8, 4) is 0 Å². The summed E-state index contributed by atoms with van der Waals surface area (Å²) in [6.07, 6.45) is 5.48. The number of rotatable bonds is 8. The van der Waals surface area contributed by atoms with E-state index in [2.05, 4.69) is 15.6 Å². The van der Waals surface area contributed by atoms with Crippen molar-refractivity contribution in [1.82, 2.24) is 10.3 Å². The average Bonchev–Trinajstić information content (AvgIpc) is 3.38. The number of aromatic nitrogens is 1. The number of benzene rings is 2. The Bertz CT molecular complexity index is 1240. The molecule has 6 nitrogen and oxygen atoms in total. The third-order valence-corrected chi connectivity index (χ3v) is 6.90. The number of pyridine rings is 1. The molecule has 1 atom stereocenters. The average molecular weight is 503 g/mol. The fourth-order valence-corrected chi connectivity index (χ4v) is 4.82. The SMILES string of the molecule is Cc1cccc(N(C(=O)c2ccc(NC(C)C)nc2)[C@H](C(=O)NC2CCCC2)c2ccc(F)cc2)c1C. The molecule has 1 heterocycles. The number of aryl methyl sites for hydroxylation is 1. The number of hydrogen-bond acceptors (Lipinski definition) is 4. The van der Waals surface area contributed by atoms with E-state index < -0.39 is 11.9 Å². The highest BCUT2D eigenvalue weighted by Gasteiger charge is 2.35. The van der Waals surface area contributed by atoms with Gasteiger partial charge in [-0.05, 0) is 87.6 Å². The van der Waals surface area contributed by atoms with Gasteiger partial charge in [-0.25, -0.2) is 9.37 Å². The number of carbonyl (C=O) groups excluding carboxylic acids is 2. The molecule has 194 valence electrons. The molecule has 1 fully saturated rings. The molecular formula is C30H35FN4O2. The summed E-state index contributed by atoms with van der Waals surface area (Å²) in [5.74, 6) is -0.369. The Balaban J connectivity index is 1.82. The van der Waals surface area contributed by atoms with Crippen LogP contribution in [0, 0.1) is 19.7 Å². The van der Waals surface area contributed by atoms with Gasteiger partial charge in [-0.3, -0.25) is 14.5 Å². The van der Waals surface area contributed by atoms with Crippen molar-refractivity contribution in [2.24, 2.45) is 0 Å². The summed E-state index contributed by atoms with van der Waals surface area (Å²) < 4.78 is 13.9. The summed E-state index contributed by atoms with van der Waals surface area (Å²) in [5, 5.41) is 6.39. The number of nitrogens with one attached hydrogen (secondary N) is 2. The second-order valence-electron chi connectivity index (χ2n) is 10.1. The van der Waals surface area contributed by atoms with Crippen LogP contribution in [0.1, 0.15) is 72.6 Å². The molecule has 0 aliphatic heterocycles. The molecule has 0 spiro atoms. The number of hydrogen-bond donors (Lipinski definition) is 2. The first-order valence-corrected chi connectivity index (χ1v) is 12.9. The van der Waals surface area contributed by atoms with Gasteiger partial charge in [0.1, 0.15) is 17.7 Å². The van der Waals surface area contributed by atoms with Gasteiger partial charge >= 0.3 is 0 Å². The number of amides is 2. The van der Waals surface area contributed by atoms with E-state index in [0.29, 0.717) is 22.6 Å². The van der Waals surface area contributed by atoms with Crippen LogP contribution in [0.2, 0.25) is 0 Å². The van der Waals surface area contributed by atoms with Gasteiger partial charge in [-0.2, -0.15) is 0 Å². The van der Waals surface area contributed by atoms with Crippen molar-refractivity contribution >= 4 is 23.3 Å². The molecule has 1 aliphatic rings. The van der Waals surface area contributed by atoms with Crippen LogP contribution < -0.4 is 15.5 Å². The predicted molar refractivity (Wildman–Crippen MR) is 145 cm³/mol. The first-order chi connectivity index (χ1) is 17.7. The van der Waals surface area contributed by atoms with E-state index in [9.17, 15) is 14.0 Å². The monoisotopic (exact) mass is 502 g/mol. The van der Waals surface area contributed by atoms with Crippen molar-refractivity contribution in [2.75, 3.05) is 10.2 Å². The third-order valence-electron chi connectivity index (χ3n) is 6.90. The normalized spacial score (nSPS) is 14.4. The van der Waals surface area contributed by atoms with Crippen LogP contribution in [0.5, 0.6) is 0 Å². The lowest BCUT2D eigenvalue weighted by atomic mass is 9.99. The number of anilines is 2. The van der Waals surface area contributed by atoms with Gasteiger partial charge in [0, 0.05) is 24.0 Å². The Hall–Kier alpha value is -3.74. The van der Waals surface area contributed by atoms with Gasteiger partial charge < -0.3 is 10.6 Å². The zero-order valence-corrected chi connectivity index (χ0v) is 21.9. The summed E-state index contributed by atoms with van der Waals surface area (Å²) in [6.45, 7) is 7.94. The summed E-state index contributed by atoms with van der Waals surface area (Å²) in [4.78, 5) is 34.0. The lowest BCUT2D eigenvalue weighted by Crippen LogP contribution is -2.46. The van der Waals surface area contributed by atoms with E-state index in [1.807, 2.05) is 45.9 Å². The van der Waals surface area contributed by atoms with Gasteiger partial charge in [-0.15, -0.1) is 0 Å². The Morgan fingerprint density at radius 1 is 1.00 bits per heavy atom. The van der Waals surface area contributed by atoms with Crippen molar-refractivity contribution < 1.29 is 14.0 Å². The van der Waals surface area contributed by atoms with Crippen LogP contribution >= 0.6 is 0 Å². The van der Waals surface area contributed by atoms with Crippen LogP contribution in [-0.4, -0.2) is 28.9 Å². The Labute approximate surface area is 218 Å². The van der Waals surface area contributed by atoms with Crippen molar-refractivity contribution in [3.63, 3.8) is 0 Å². The lowest BCUT2D eigenvalue weighted by Gasteiger charge is -2.33. The van der Waals surface area contributed by atoms with E-state index in [1.54, 1.807) is 24.3 Å². The zero-order valence-electron chi connectivity index (χ0n) is 21.9. The molecule has 0 unspecified atom stereocenters.